The Bertz CT molecular complexity index is 195. The van der Waals surface area contributed by atoms with Gasteiger partial charge in [0.25, 0.3) is 0 Å². The van der Waals surface area contributed by atoms with Crippen LogP contribution in [0.3, 0.4) is 0 Å². The molecule has 1 aromatic rings. The summed E-state index contributed by atoms with van der Waals surface area (Å²) >= 11 is 0. The molecule has 4 N–H and O–H groups in total. The monoisotopic (exact) mass is 138 g/mol. The first-order valence-electron chi connectivity index (χ1n) is 3.01. The van der Waals surface area contributed by atoms with Crippen LogP contribution < -0.4 is 16.2 Å². The van der Waals surface area contributed by atoms with Crippen molar-refractivity contribution < 1.29 is 4.74 Å². The molecule has 54 valence electrons. The molecule has 0 unspecified atom stereocenters. The molecule has 0 fully saturated rings. The predicted molar refractivity (Wildman–Crippen MR) is 40.5 cm³/mol. The molecule has 3 nitrogen and oxygen atoms in total. The number of hydrogen-bond donors (Lipinski definition) is 2. The smallest absolute Gasteiger partial charge is 0.137 e. The van der Waals surface area contributed by atoms with Gasteiger partial charge in [0, 0.05) is 5.69 Å². The molecule has 0 bridgehead atoms. The summed E-state index contributed by atoms with van der Waals surface area (Å²) in [6.07, 6.45) is 0. The zero-order valence-electron chi connectivity index (χ0n) is 5.58. The van der Waals surface area contributed by atoms with Crippen molar-refractivity contribution in [3.8, 4) is 5.75 Å². The quantitative estimate of drug-likeness (QED) is 0.463. The summed E-state index contributed by atoms with van der Waals surface area (Å²) in [5.74, 6) is 0.747. The molecule has 0 atom stereocenters. The van der Waals surface area contributed by atoms with E-state index in [1.54, 1.807) is 24.3 Å². The maximum atomic E-state index is 5.44. The van der Waals surface area contributed by atoms with Crippen molar-refractivity contribution in [3.05, 3.63) is 24.3 Å². The largest absolute Gasteiger partial charge is 0.479 e. The lowest BCUT2D eigenvalue weighted by molar-refractivity contribution is 0.330. The summed E-state index contributed by atoms with van der Waals surface area (Å²) in [5.41, 5.74) is 11.3. The number of hydrogen-bond acceptors (Lipinski definition) is 3. The molecule has 0 aromatic heterocycles. The SMILES string of the molecule is NCOc1ccc(N)cc1. The highest BCUT2D eigenvalue weighted by Gasteiger charge is 1.88. The Labute approximate surface area is 59.6 Å². The van der Waals surface area contributed by atoms with Crippen LogP contribution in [0.4, 0.5) is 5.69 Å². The highest BCUT2D eigenvalue weighted by atomic mass is 16.5. The van der Waals surface area contributed by atoms with Crippen molar-refractivity contribution in [3.63, 3.8) is 0 Å². The van der Waals surface area contributed by atoms with Crippen LogP contribution in [0, 0.1) is 0 Å². The van der Waals surface area contributed by atoms with Crippen LogP contribution >= 0.6 is 0 Å². The van der Waals surface area contributed by atoms with E-state index in [0.717, 1.165) is 11.4 Å². The molecule has 0 spiro atoms. The average Bonchev–Trinajstić information content (AvgIpc) is 1.95. The van der Waals surface area contributed by atoms with E-state index in [1.165, 1.54) is 0 Å². The van der Waals surface area contributed by atoms with E-state index in [-0.39, 0.29) is 6.73 Å². The van der Waals surface area contributed by atoms with Crippen LogP contribution in [0.5, 0.6) is 5.75 Å². The second kappa shape index (κ2) is 3.08. The number of anilines is 1. The lowest BCUT2D eigenvalue weighted by atomic mass is 10.3. The van der Waals surface area contributed by atoms with E-state index in [4.69, 9.17) is 16.2 Å². The molecule has 0 aliphatic heterocycles. The maximum Gasteiger partial charge on any atom is 0.137 e. The van der Waals surface area contributed by atoms with Gasteiger partial charge in [-0.2, -0.15) is 0 Å². The number of rotatable bonds is 2. The fourth-order valence-corrected chi connectivity index (χ4v) is 0.660. The van der Waals surface area contributed by atoms with Crippen LogP contribution in [0.25, 0.3) is 0 Å². The van der Waals surface area contributed by atoms with E-state index in [0.29, 0.717) is 0 Å². The first-order chi connectivity index (χ1) is 4.83. The Morgan fingerprint density at radius 1 is 1.20 bits per heavy atom. The van der Waals surface area contributed by atoms with Crippen LogP contribution in [-0.4, -0.2) is 6.73 Å². The third-order valence-electron chi connectivity index (χ3n) is 1.13. The van der Waals surface area contributed by atoms with E-state index >= 15 is 0 Å². The molecule has 10 heavy (non-hydrogen) atoms. The van der Waals surface area contributed by atoms with Crippen molar-refractivity contribution in [2.45, 2.75) is 0 Å². The fourth-order valence-electron chi connectivity index (χ4n) is 0.660. The van der Waals surface area contributed by atoms with Crippen molar-refractivity contribution in [1.29, 1.82) is 0 Å². The molecule has 0 saturated carbocycles. The molecule has 0 saturated heterocycles. The Balaban J connectivity index is 2.69. The summed E-state index contributed by atoms with van der Waals surface area (Å²) < 4.78 is 4.98. The Hall–Kier alpha value is -1.22. The molecule has 3 heteroatoms. The summed E-state index contributed by atoms with van der Waals surface area (Å²) in [5, 5.41) is 0. The Morgan fingerprint density at radius 2 is 1.80 bits per heavy atom. The lowest BCUT2D eigenvalue weighted by Crippen LogP contribution is -2.06. The number of ether oxygens (including phenoxy) is 1. The minimum absolute atomic E-state index is 0.198. The van der Waals surface area contributed by atoms with E-state index in [2.05, 4.69) is 0 Å². The van der Waals surface area contributed by atoms with Crippen molar-refractivity contribution in [1.82, 2.24) is 0 Å². The van der Waals surface area contributed by atoms with Crippen molar-refractivity contribution in [2.24, 2.45) is 5.73 Å². The summed E-state index contributed by atoms with van der Waals surface area (Å²) in [6, 6.07) is 7.10. The number of nitrogens with two attached hydrogens (primary N) is 2. The predicted octanol–water partition coefficient (Wildman–Crippen LogP) is 0.564. The molecule has 0 aliphatic rings. The summed E-state index contributed by atoms with van der Waals surface area (Å²) in [4.78, 5) is 0. The van der Waals surface area contributed by atoms with Crippen LogP contribution in [-0.2, 0) is 0 Å². The van der Waals surface area contributed by atoms with Gasteiger partial charge in [0.1, 0.15) is 12.5 Å². The number of nitrogen functional groups attached to an aromatic ring is 1. The molecule has 0 heterocycles. The lowest BCUT2D eigenvalue weighted by Gasteiger charge is -2.00. The topological polar surface area (TPSA) is 61.3 Å². The van der Waals surface area contributed by atoms with Gasteiger partial charge in [0.2, 0.25) is 0 Å². The van der Waals surface area contributed by atoms with Crippen LogP contribution in [0.2, 0.25) is 0 Å². The third kappa shape index (κ3) is 1.63. The van der Waals surface area contributed by atoms with Crippen molar-refractivity contribution >= 4 is 5.69 Å². The zero-order valence-corrected chi connectivity index (χ0v) is 5.58. The molecule has 0 amide bonds. The molecule has 0 radical (unpaired) electrons. The minimum Gasteiger partial charge on any atom is -0.479 e. The van der Waals surface area contributed by atoms with Gasteiger partial charge < -0.3 is 10.5 Å². The highest BCUT2D eigenvalue weighted by molar-refractivity contribution is 5.41. The standard InChI is InChI=1S/C7H10N2O/c8-5-10-7-3-1-6(9)2-4-7/h1-4H,5,8-9H2. The minimum atomic E-state index is 0.198. The van der Waals surface area contributed by atoms with Gasteiger partial charge in [0.15, 0.2) is 0 Å². The molecular formula is C7H10N2O. The van der Waals surface area contributed by atoms with Gasteiger partial charge in [-0.1, -0.05) is 0 Å². The first kappa shape index (κ1) is 6.89. The van der Waals surface area contributed by atoms with Crippen LogP contribution in [0.15, 0.2) is 24.3 Å². The molecule has 1 rings (SSSR count). The Kier molecular flexibility index (Phi) is 2.12. The highest BCUT2D eigenvalue weighted by Crippen LogP contribution is 2.11. The fraction of sp³-hybridized carbons (Fsp3) is 0.143. The second-order valence-electron chi connectivity index (χ2n) is 1.88. The van der Waals surface area contributed by atoms with Gasteiger partial charge in [-0.05, 0) is 24.3 Å². The normalized spacial score (nSPS) is 9.30. The van der Waals surface area contributed by atoms with E-state index in [1.807, 2.05) is 0 Å². The maximum absolute atomic E-state index is 5.44. The first-order valence-corrected chi connectivity index (χ1v) is 3.01. The van der Waals surface area contributed by atoms with E-state index in [9.17, 15) is 0 Å². The number of benzene rings is 1. The van der Waals surface area contributed by atoms with Gasteiger partial charge >= 0.3 is 0 Å². The summed E-state index contributed by atoms with van der Waals surface area (Å²) in [6.45, 7) is 0.198. The van der Waals surface area contributed by atoms with Crippen molar-refractivity contribution in [2.75, 3.05) is 12.5 Å². The zero-order chi connectivity index (χ0) is 7.40. The third-order valence-corrected chi connectivity index (χ3v) is 1.13. The molecule has 0 aliphatic carbocycles. The average molecular weight is 138 g/mol. The second-order valence-corrected chi connectivity index (χ2v) is 1.88. The van der Waals surface area contributed by atoms with Gasteiger partial charge in [-0.15, -0.1) is 0 Å². The van der Waals surface area contributed by atoms with Gasteiger partial charge in [0.05, 0.1) is 0 Å². The van der Waals surface area contributed by atoms with E-state index < -0.39 is 0 Å². The molecule has 1 aromatic carbocycles. The summed E-state index contributed by atoms with van der Waals surface area (Å²) in [7, 11) is 0. The Morgan fingerprint density at radius 3 is 2.30 bits per heavy atom. The van der Waals surface area contributed by atoms with Gasteiger partial charge in [-0.25, -0.2) is 0 Å². The van der Waals surface area contributed by atoms with Crippen LogP contribution in [0.1, 0.15) is 0 Å². The van der Waals surface area contributed by atoms with Gasteiger partial charge in [-0.3, -0.25) is 5.73 Å². The molecular weight excluding hydrogens is 128 g/mol.